The molecule has 2 aliphatic rings. The van der Waals surface area contributed by atoms with Crippen LogP contribution in [0.5, 0.6) is 0 Å². The van der Waals surface area contributed by atoms with E-state index in [1.165, 1.54) is 37.8 Å². The summed E-state index contributed by atoms with van der Waals surface area (Å²) in [5.41, 5.74) is 0.968. The highest BCUT2D eigenvalue weighted by molar-refractivity contribution is 5.74. The van der Waals surface area contributed by atoms with Gasteiger partial charge in [-0.15, -0.1) is 0 Å². The Balaban J connectivity index is 1.57. The highest BCUT2D eigenvalue weighted by atomic mass is 19.1. The fraction of sp³-hybridized carbons (Fsp3) is 0.650. The van der Waals surface area contributed by atoms with Crippen LogP contribution in [0.4, 0.5) is 9.18 Å². The number of carbonyl (C=O) groups excluding carboxylic acids is 1. The molecule has 1 aliphatic carbocycles. The maximum atomic E-state index is 13.5. The molecule has 1 saturated carbocycles. The molecule has 0 radical (unpaired) electrons. The van der Waals surface area contributed by atoms with Gasteiger partial charge < -0.3 is 19.9 Å². The number of ether oxygens (including phenoxy) is 1. The van der Waals surface area contributed by atoms with Gasteiger partial charge in [-0.1, -0.05) is 25.0 Å². The summed E-state index contributed by atoms with van der Waals surface area (Å²) in [5, 5.41) is 3.15. The Labute approximate surface area is 155 Å². The van der Waals surface area contributed by atoms with Gasteiger partial charge in [0.1, 0.15) is 11.9 Å². The summed E-state index contributed by atoms with van der Waals surface area (Å²) < 4.78 is 19.2. The average molecular weight is 363 g/mol. The number of benzene rings is 1. The van der Waals surface area contributed by atoms with Crippen molar-refractivity contribution in [1.82, 2.24) is 15.1 Å². The summed E-state index contributed by atoms with van der Waals surface area (Å²) in [7, 11) is 4.18. The minimum Gasteiger partial charge on any atom is -0.370 e. The molecule has 3 rings (SSSR count). The molecule has 1 aromatic rings. The molecule has 0 aromatic heterocycles. The van der Waals surface area contributed by atoms with Crippen LogP contribution >= 0.6 is 0 Å². The lowest BCUT2D eigenvalue weighted by molar-refractivity contribution is -0.0159. The summed E-state index contributed by atoms with van der Waals surface area (Å²) in [6.07, 6.45) is 4.54. The zero-order chi connectivity index (χ0) is 18.6. The molecule has 26 heavy (non-hydrogen) atoms. The summed E-state index contributed by atoms with van der Waals surface area (Å²) in [4.78, 5) is 16.7. The molecule has 5 nitrogen and oxygen atoms in total. The van der Waals surface area contributed by atoms with E-state index in [4.69, 9.17) is 4.74 Å². The SMILES string of the molecule is CN(C)CC1(CNC(=O)N2CCOC(c3cccc(F)c3)C2)CCCC1. The number of nitrogens with one attached hydrogen (secondary N) is 1. The molecule has 0 bridgehead atoms. The van der Waals surface area contributed by atoms with Gasteiger partial charge in [0.15, 0.2) is 0 Å². The Kier molecular flexibility index (Phi) is 6.14. The van der Waals surface area contributed by atoms with Crippen LogP contribution < -0.4 is 5.32 Å². The first kappa shape index (κ1) is 19.1. The van der Waals surface area contributed by atoms with E-state index in [0.717, 1.165) is 12.1 Å². The van der Waals surface area contributed by atoms with Crippen molar-refractivity contribution in [3.8, 4) is 0 Å². The second-order valence-corrected chi connectivity index (χ2v) is 7.96. The Bertz CT molecular complexity index is 617. The molecule has 2 fully saturated rings. The maximum absolute atomic E-state index is 13.5. The Morgan fingerprint density at radius 3 is 2.85 bits per heavy atom. The van der Waals surface area contributed by atoms with Gasteiger partial charge in [-0.05, 0) is 44.6 Å². The van der Waals surface area contributed by atoms with E-state index in [1.54, 1.807) is 11.0 Å². The molecule has 1 aliphatic heterocycles. The average Bonchev–Trinajstić information content (AvgIpc) is 3.08. The summed E-state index contributed by atoms with van der Waals surface area (Å²) in [6.45, 7) is 3.21. The zero-order valence-corrected chi connectivity index (χ0v) is 15.8. The molecule has 1 aromatic carbocycles. The number of rotatable bonds is 5. The quantitative estimate of drug-likeness (QED) is 0.875. The van der Waals surface area contributed by atoms with E-state index in [9.17, 15) is 9.18 Å². The second kappa shape index (κ2) is 8.35. The van der Waals surface area contributed by atoms with Crippen molar-refractivity contribution in [2.45, 2.75) is 31.8 Å². The maximum Gasteiger partial charge on any atom is 0.317 e. The van der Waals surface area contributed by atoms with Crippen molar-refractivity contribution in [3.05, 3.63) is 35.6 Å². The first-order valence-corrected chi connectivity index (χ1v) is 9.52. The second-order valence-electron chi connectivity index (χ2n) is 7.96. The Hall–Kier alpha value is -1.66. The standard InChI is InChI=1S/C20H30FN3O2/c1-23(2)15-20(8-3-4-9-20)14-22-19(25)24-10-11-26-18(13-24)16-6-5-7-17(21)12-16/h5-7,12,18H,3-4,8-11,13-15H2,1-2H3,(H,22,25). The van der Waals surface area contributed by atoms with Crippen molar-refractivity contribution < 1.29 is 13.9 Å². The lowest BCUT2D eigenvalue weighted by Crippen LogP contribution is -2.50. The van der Waals surface area contributed by atoms with Crippen LogP contribution in [0.25, 0.3) is 0 Å². The molecule has 1 atom stereocenters. The van der Waals surface area contributed by atoms with E-state index in [0.29, 0.717) is 26.2 Å². The normalized spacial score (nSPS) is 22.6. The summed E-state index contributed by atoms with van der Waals surface area (Å²) in [5.74, 6) is -0.278. The summed E-state index contributed by atoms with van der Waals surface area (Å²) >= 11 is 0. The number of hydrogen-bond donors (Lipinski definition) is 1. The molecular formula is C20H30FN3O2. The molecular weight excluding hydrogens is 333 g/mol. The number of morpholine rings is 1. The van der Waals surface area contributed by atoms with Gasteiger partial charge in [0.05, 0.1) is 13.2 Å². The van der Waals surface area contributed by atoms with Gasteiger partial charge >= 0.3 is 6.03 Å². The van der Waals surface area contributed by atoms with Crippen LogP contribution in [0.15, 0.2) is 24.3 Å². The third-order valence-corrected chi connectivity index (χ3v) is 5.50. The number of carbonyl (C=O) groups is 1. The van der Waals surface area contributed by atoms with Gasteiger partial charge in [-0.3, -0.25) is 0 Å². The van der Waals surface area contributed by atoms with Crippen LogP contribution in [0.3, 0.4) is 0 Å². The molecule has 1 unspecified atom stereocenters. The topological polar surface area (TPSA) is 44.8 Å². The fourth-order valence-electron chi connectivity index (χ4n) is 4.30. The Morgan fingerprint density at radius 1 is 1.38 bits per heavy atom. The van der Waals surface area contributed by atoms with Gasteiger partial charge in [0.25, 0.3) is 0 Å². The highest BCUT2D eigenvalue weighted by Gasteiger charge is 2.35. The van der Waals surface area contributed by atoms with E-state index in [1.807, 2.05) is 6.07 Å². The predicted octanol–water partition coefficient (Wildman–Crippen LogP) is 3.03. The Morgan fingerprint density at radius 2 is 2.15 bits per heavy atom. The number of halogens is 1. The number of hydrogen-bond acceptors (Lipinski definition) is 3. The van der Waals surface area contributed by atoms with Crippen molar-refractivity contribution in [2.24, 2.45) is 5.41 Å². The van der Waals surface area contributed by atoms with Crippen LogP contribution in [0, 0.1) is 11.2 Å². The fourth-order valence-corrected chi connectivity index (χ4v) is 4.30. The third kappa shape index (κ3) is 4.74. The van der Waals surface area contributed by atoms with E-state index >= 15 is 0 Å². The van der Waals surface area contributed by atoms with Crippen molar-refractivity contribution >= 4 is 6.03 Å². The molecule has 2 amide bonds. The van der Waals surface area contributed by atoms with Crippen molar-refractivity contribution in [1.29, 1.82) is 0 Å². The van der Waals surface area contributed by atoms with E-state index in [-0.39, 0.29) is 23.4 Å². The van der Waals surface area contributed by atoms with E-state index in [2.05, 4.69) is 24.3 Å². The molecule has 1 N–H and O–H groups in total. The van der Waals surface area contributed by atoms with Crippen LogP contribution in [0.1, 0.15) is 37.4 Å². The molecule has 6 heteroatoms. The van der Waals surface area contributed by atoms with Gasteiger partial charge in [0.2, 0.25) is 0 Å². The molecule has 0 spiro atoms. The zero-order valence-electron chi connectivity index (χ0n) is 15.8. The predicted molar refractivity (Wildman–Crippen MR) is 99.5 cm³/mol. The number of amides is 2. The van der Waals surface area contributed by atoms with Gasteiger partial charge in [0, 0.05) is 25.0 Å². The molecule has 144 valence electrons. The first-order chi connectivity index (χ1) is 12.5. The lowest BCUT2D eigenvalue weighted by atomic mass is 9.85. The third-order valence-electron chi connectivity index (χ3n) is 5.50. The monoisotopic (exact) mass is 363 g/mol. The lowest BCUT2D eigenvalue weighted by Gasteiger charge is -2.36. The minimum atomic E-state index is -0.278. The first-order valence-electron chi connectivity index (χ1n) is 9.52. The highest BCUT2D eigenvalue weighted by Crippen LogP contribution is 2.38. The van der Waals surface area contributed by atoms with Crippen molar-refractivity contribution in [2.75, 3.05) is 46.9 Å². The smallest absolute Gasteiger partial charge is 0.317 e. The minimum absolute atomic E-state index is 0.0419. The van der Waals surface area contributed by atoms with Gasteiger partial charge in [-0.25, -0.2) is 9.18 Å². The largest absolute Gasteiger partial charge is 0.370 e. The molecule has 1 heterocycles. The number of nitrogens with zero attached hydrogens (tertiary/aromatic N) is 2. The van der Waals surface area contributed by atoms with Gasteiger partial charge in [-0.2, -0.15) is 0 Å². The van der Waals surface area contributed by atoms with Crippen molar-refractivity contribution in [3.63, 3.8) is 0 Å². The van der Waals surface area contributed by atoms with Crippen LogP contribution in [-0.2, 0) is 4.74 Å². The van der Waals surface area contributed by atoms with Crippen LogP contribution in [-0.4, -0.2) is 62.7 Å². The number of urea groups is 1. The van der Waals surface area contributed by atoms with Crippen LogP contribution in [0.2, 0.25) is 0 Å². The summed E-state index contributed by atoms with van der Waals surface area (Å²) in [6, 6.07) is 6.39. The molecule has 1 saturated heterocycles. The van der Waals surface area contributed by atoms with E-state index < -0.39 is 0 Å².